The SMILES string of the molecule is CO/N=C(\C(=O)N[C@@H]1C(=O)N2C(C(=O)[O-])=C(C3CCCS3)CS[C@H]12)c1csc(N)n1.[Na+]. The van der Waals surface area contributed by atoms with Gasteiger partial charge in [-0.1, -0.05) is 5.16 Å². The van der Waals surface area contributed by atoms with Crippen LogP contribution < -0.4 is 45.7 Å². The van der Waals surface area contributed by atoms with Gasteiger partial charge in [-0.05, 0) is 24.2 Å². The zero-order valence-electron chi connectivity index (χ0n) is 16.8. The maximum atomic E-state index is 12.8. The van der Waals surface area contributed by atoms with Gasteiger partial charge in [-0.3, -0.25) is 14.5 Å². The van der Waals surface area contributed by atoms with Crippen molar-refractivity contribution in [1.82, 2.24) is 15.2 Å². The number of β-lactam (4-membered cyclic amide) rings is 1. The Hall–Kier alpha value is -1.25. The quantitative estimate of drug-likeness (QED) is 0.178. The van der Waals surface area contributed by atoms with Crippen molar-refractivity contribution in [3.05, 3.63) is 22.3 Å². The second-order valence-electron chi connectivity index (χ2n) is 6.72. The molecular formula is C17H18N5NaO5S3. The Morgan fingerprint density at radius 2 is 2.19 bits per heavy atom. The molecule has 0 radical (unpaired) electrons. The number of thioether (sulfide) groups is 2. The summed E-state index contributed by atoms with van der Waals surface area (Å²) in [6.45, 7) is 0. The molecule has 2 amide bonds. The van der Waals surface area contributed by atoms with Crippen LogP contribution in [0.25, 0.3) is 0 Å². The van der Waals surface area contributed by atoms with Gasteiger partial charge in [-0.2, -0.15) is 11.8 Å². The number of hydrogen-bond donors (Lipinski definition) is 2. The van der Waals surface area contributed by atoms with Crippen molar-refractivity contribution >= 4 is 63.5 Å². The van der Waals surface area contributed by atoms with Crippen LogP contribution in [0.3, 0.4) is 0 Å². The minimum absolute atomic E-state index is 0. The van der Waals surface area contributed by atoms with E-state index in [0.29, 0.717) is 5.75 Å². The molecule has 3 aliphatic heterocycles. The molecule has 1 aromatic rings. The summed E-state index contributed by atoms with van der Waals surface area (Å²) in [5.41, 5.74) is 6.41. The van der Waals surface area contributed by atoms with E-state index in [1.54, 1.807) is 17.1 Å². The molecule has 4 rings (SSSR count). The first kappa shape index (κ1) is 24.4. The first-order valence-corrected chi connectivity index (χ1v) is 12.0. The van der Waals surface area contributed by atoms with E-state index in [0.717, 1.165) is 35.5 Å². The number of carbonyl (C=O) groups excluding carboxylic acids is 3. The third-order valence-corrected chi connectivity index (χ3v) is 8.38. The van der Waals surface area contributed by atoms with Crippen LogP contribution in [0.2, 0.25) is 0 Å². The largest absolute Gasteiger partial charge is 1.00 e. The van der Waals surface area contributed by atoms with Gasteiger partial charge < -0.3 is 25.8 Å². The van der Waals surface area contributed by atoms with Crippen molar-refractivity contribution in [1.29, 1.82) is 0 Å². The van der Waals surface area contributed by atoms with Crippen LogP contribution in [0.1, 0.15) is 18.5 Å². The summed E-state index contributed by atoms with van der Waals surface area (Å²) < 4.78 is 0. The molecule has 14 heteroatoms. The fourth-order valence-electron chi connectivity index (χ4n) is 3.63. The van der Waals surface area contributed by atoms with E-state index in [4.69, 9.17) is 10.6 Å². The average Bonchev–Trinajstić information content (AvgIpc) is 3.40. The molecule has 1 aromatic heterocycles. The number of anilines is 1. The number of carbonyl (C=O) groups is 3. The summed E-state index contributed by atoms with van der Waals surface area (Å²) in [5.74, 6) is -1.06. The Bertz CT molecular complexity index is 962. The summed E-state index contributed by atoms with van der Waals surface area (Å²) in [7, 11) is 1.29. The summed E-state index contributed by atoms with van der Waals surface area (Å²) in [6.07, 6.45) is 1.90. The number of carboxylic acid groups (broad SMARTS) is 1. The monoisotopic (exact) mass is 491 g/mol. The number of nitrogens with zero attached hydrogens (tertiary/aromatic N) is 3. The number of nitrogens with two attached hydrogens (primary N) is 1. The van der Waals surface area contributed by atoms with Gasteiger partial charge in [-0.15, -0.1) is 23.1 Å². The van der Waals surface area contributed by atoms with Crippen molar-refractivity contribution < 1.29 is 53.9 Å². The maximum absolute atomic E-state index is 12.8. The molecule has 3 aliphatic rings. The molecule has 31 heavy (non-hydrogen) atoms. The molecule has 0 aromatic carbocycles. The Morgan fingerprint density at radius 1 is 1.42 bits per heavy atom. The predicted octanol–water partition coefficient (Wildman–Crippen LogP) is -3.62. The predicted molar refractivity (Wildman–Crippen MR) is 113 cm³/mol. The van der Waals surface area contributed by atoms with E-state index in [9.17, 15) is 19.5 Å². The zero-order chi connectivity index (χ0) is 21.4. The Labute approximate surface area is 212 Å². The summed E-state index contributed by atoms with van der Waals surface area (Å²) in [6, 6.07) is -0.882. The summed E-state index contributed by atoms with van der Waals surface area (Å²) in [4.78, 5) is 47.3. The average molecular weight is 492 g/mol. The van der Waals surface area contributed by atoms with Crippen molar-refractivity contribution in [2.24, 2.45) is 5.16 Å². The van der Waals surface area contributed by atoms with Crippen LogP contribution in [0.15, 0.2) is 21.8 Å². The maximum Gasteiger partial charge on any atom is 1.00 e. The minimum atomic E-state index is -1.36. The number of aromatic nitrogens is 1. The molecule has 10 nitrogen and oxygen atoms in total. The summed E-state index contributed by atoms with van der Waals surface area (Å²) >= 11 is 4.27. The van der Waals surface area contributed by atoms with Gasteiger partial charge in [0.25, 0.3) is 11.8 Å². The third-order valence-electron chi connectivity index (χ3n) is 4.96. The van der Waals surface area contributed by atoms with Gasteiger partial charge in [0.2, 0.25) is 0 Å². The fourth-order valence-corrected chi connectivity index (χ4v) is 7.06. The van der Waals surface area contributed by atoms with E-state index >= 15 is 0 Å². The fraction of sp³-hybridized carbons (Fsp3) is 0.471. The number of rotatable bonds is 6. The van der Waals surface area contributed by atoms with Gasteiger partial charge in [-0.25, -0.2) is 4.98 Å². The van der Waals surface area contributed by atoms with Gasteiger partial charge in [0, 0.05) is 16.4 Å². The number of fused-ring (bicyclic) bond motifs is 1. The molecule has 0 saturated carbocycles. The van der Waals surface area contributed by atoms with Crippen LogP contribution in [0.5, 0.6) is 0 Å². The smallest absolute Gasteiger partial charge is 0.543 e. The van der Waals surface area contributed by atoms with Gasteiger partial charge >= 0.3 is 29.6 Å². The molecule has 4 heterocycles. The Kier molecular flexibility index (Phi) is 7.97. The van der Waals surface area contributed by atoms with Gasteiger partial charge in [0.05, 0.1) is 11.7 Å². The zero-order valence-corrected chi connectivity index (χ0v) is 21.3. The molecule has 2 fully saturated rings. The molecule has 0 aliphatic carbocycles. The Balaban J connectivity index is 0.00000272. The second-order valence-corrected chi connectivity index (χ2v) is 10.0. The number of nitrogen functional groups attached to an aromatic ring is 1. The Morgan fingerprint density at radius 3 is 2.77 bits per heavy atom. The van der Waals surface area contributed by atoms with E-state index in [1.165, 1.54) is 23.8 Å². The molecule has 3 N–H and O–H groups in total. The van der Waals surface area contributed by atoms with E-state index < -0.39 is 29.2 Å². The second kappa shape index (κ2) is 10.1. The van der Waals surface area contributed by atoms with Crippen LogP contribution in [-0.4, -0.2) is 68.7 Å². The van der Waals surface area contributed by atoms with Crippen molar-refractivity contribution in [2.45, 2.75) is 29.5 Å². The number of amides is 2. The van der Waals surface area contributed by atoms with Crippen LogP contribution >= 0.6 is 34.9 Å². The van der Waals surface area contributed by atoms with E-state index in [1.807, 2.05) is 0 Å². The van der Waals surface area contributed by atoms with Crippen LogP contribution in [-0.2, 0) is 19.2 Å². The number of carboxylic acids is 1. The number of aliphatic carboxylic acids is 1. The number of hydrogen-bond acceptors (Lipinski definition) is 11. The van der Waals surface area contributed by atoms with Crippen molar-refractivity contribution in [2.75, 3.05) is 24.3 Å². The van der Waals surface area contributed by atoms with Crippen molar-refractivity contribution in [3.8, 4) is 0 Å². The minimum Gasteiger partial charge on any atom is -0.543 e. The summed E-state index contributed by atoms with van der Waals surface area (Å²) in [5, 5.41) is 19.5. The normalized spacial score (nSPS) is 25.5. The van der Waals surface area contributed by atoms with E-state index in [-0.39, 0.29) is 57.0 Å². The van der Waals surface area contributed by atoms with Crippen molar-refractivity contribution in [3.63, 3.8) is 0 Å². The molecule has 1 unspecified atom stereocenters. The van der Waals surface area contributed by atoms with Crippen LogP contribution in [0.4, 0.5) is 5.13 Å². The standard InChI is InChI=1S/C17H19N5O5S3.Na/c1-27-21-10(8-6-30-17(18)19-8)13(23)20-11-14(24)22-12(16(25)26)7(5-29-15(11)22)9-3-2-4-28-9;/h6,9,11,15H,2-5H2,1H3,(H2,18,19)(H,20,23)(H,25,26);/q;+1/p-1/b21-10-;/t9?,11-,15-;/m1./s1. The topological polar surface area (TPSA) is 150 Å². The number of nitrogens with one attached hydrogen (secondary N) is 1. The molecule has 3 atom stereocenters. The van der Waals surface area contributed by atoms with Gasteiger partial charge in [0.1, 0.15) is 24.2 Å². The third kappa shape index (κ3) is 4.62. The van der Waals surface area contributed by atoms with Gasteiger partial charge in [0.15, 0.2) is 10.8 Å². The first-order valence-electron chi connectivity index (χ1n) is 9.06. The molecular weight excluding hydrogens is 473 g/mol. The molecule has 0 bridgehead atoms. The van der Waals surface area contributed by atoms with Crippen LogP contribution in [0, 0.1) is 0 Å². The van der Waals surface area contributed by atoms with E-state index in [2.05, 4.69) is 15.5 Å². The molecule has 0 spiro atoms. The number of oxime groups is 1. The first-order chi connectivity index (χ1) is 14.4. The number of thiazole rings is 1. The molecule has 2 saturated heterocycles. The molecule has 160 valence electrons.